The van der Waals surface area contributed by atoms with E-state index in [2.05, 4.69) is 5.32 Å². The monoisotopic (exact) mass is 680 g/mol. The topological polar surface area (TPSA) is 175 Å². The molecule has 1 saturated heterocycles. The van der Waals surface area contributed by atoms with Crippen molar-refractivity contribution in [1.82, 2.24) is 18.9 Å². The van der Waals surface area contributed by atoms with Crippen LogP contribution in [0.2, 0.25) is 5.02 Å². The number of rotatable bonds is 10. The Morgan fingerprint density at radius 3 is 2.42 bits per heavy atom. The number of benzene rings is 2. The molecule has 14 nitrogen and oxygen atoms in total. The van der Waals surface area contributed by atoms with Gasteiger partial charge in [-0.25, -0.2) is 9.59 Å². The highest BCUT2D eigenvalue weighted by Gasteiger charge is 2.34. The van der Waals surface area contributed by atoms with Crippen molar-refractivity contribution < 1.29 is 28.7 Å². The smallest absolute Gasteiger partial charge is 0.331 e. The molecule has 3 aromatic rings. The number of halogens is 1. The number of nitrogens with two attached hydrogens (primary N) is 1. The van der Waals surface area contributed by atoms with Crippen LogP contribution < -0.4 is 31.8 Å². The third-order valence-corrected chi connectivity index (χ3v) is 9.21. The van der Waals surface area contributed by atoms with Crippen LogP contribution in [0, 0.1) is 0 Å². The molecule has 0 aliphatic carbocycles. The number of amides is 4. The molecule has 4 amide bonds. The van der Waals surface area contributed by atoms with Gasteiger partial charge in [-0.2, -0.15) is 0 Å². The first-order chi connectivity index (χ1) is 22.9. The number of Topliss-reactive ketones (excluding diaryl/α,β-unsaturated/α-hetero) is 1. The largest absolute Gasteiger partial charge is 0.497 e. The zero-order valence-electron chi connectivity index (χ0n) is 26.9. The lowest BCUT2D eigenvalue weighted by Gasteiger charge is -2.37. The van der Waals surface area contributed by atoms with Crippen LogP contribution in [0.1, 0.15) is 49.0 Å². The Bertz CT molecular complexity index is 1880. The Labute approximate surface area is 281 Å². The zero-order chi connectivity index (χ0) is 34.7. The van der Waals surface area contributed by atoms with Crippen LogP contribution in [0.5, 0.6) is 11.5 Å². The number of ether oxygens (including phenoxy) is 2. The van der Waals surface area contributed by atoms with E-state index in [9.17, 15) is 28.8 Å². The van der Waals surface area contributed by atoms with Gasteiger partial charge in [0, 0.05) is 48.9 Å². The van der Waals surface area contributed by atoms with E-state index in [0.29, 0.717) is 41.2 Å². The summed E-state index contributed by atoms with van der Waals surface area (Å²) >= 11 is 6.56. The van der Waals surface area contributed by atoms with Gasteiger partial charge in [0.1, 0.15) is 18.0 Å². The van der Waals surface area contributed by atoms with Gasteiger partial charge in [-0.15, -0.1) is 0 Å². The fraction of sp³-hybridized carbons (Fsp3) is 0.394. The predicted octanol–water partition coefficient (Wildman–Crippen LogP) is 2.90. The highest BCUT2D eigenvalue weighted by molar-refractivity contribution is 6.34. The lowest BCUT2D eigenvalue weighted by molar-refractivity contribution is -0.133. The number of ketones is 1. The summed E-state index contributed by atoms with van der Waals surface area (Å²) in [5.41, 5.74) is 5.12. The van der Waals surface area contributed by atoms with Crippen molar-refractivity contribution in [3.05, 3.63) is 74.0 Å². The molecule has 2 aliphatic rings. The number of hydrogen-bond acceptors (Lipinski definition) is 8. The van der Waals surface area contributed by atoms with Crippen molar-refractivity contribution in [1.29, 1.82) is 0 Å². The number of piperidine rings is 1. The van der Waals surface area contributed by atoms with Gasteiger partial charge in [0.2, 0.25) is 11.8 Å². The maximum absolute atomic E-state index is 13.7. The van der Waals surface area contributed by atoms with Crippen LogP contribution in [-0.2, 0) is 16.1 Å². The van der Waals surface area contributed by atoms with Crippen molar-refractivity contribution in [3.8, 4) is 22.6 Å². The standard InChI is InChI=1S/C33H37ClN6O8/c1-19(7-10-28(35)42)40-31(44)24(22-5-4-6-27(48-3)30(22)34)16-38(33(40)46)18-29(43)37-13-11-20(12-14-37)39-17-26(41)23-15-21(47-2)8-9-25(23)36-32(39)45/h4-6,8-9,15-16,19-20H,7,10-14,17-18H2,1-3H3,(H2,35,42)(H,36,45)/t19-/m0/s1. The number of carbonyl (C=O) groups is 4. The number of likely N-dealkylation sites (tertiary alicyclic amines) is 1. The molecule has 0 spiro atoms. The molecule has 1 atom stereocenters. The van der Waals surface area contributed by atoms with Crippen LogP contribution in [0.25, 0.3) is 11.1 Å². The quantitative estimate of drug-likeness (QED) is 0.329. The van der Waals surface area contributed by atoms with E-state index < -0.39 is 29.2 Å². The second-order valence-electron chi connectivity index (χ2n) is 11.8. The minimum atomic E-state index is -0.723. The molecule has 2 aliphatic heterocycles. The van der Waals surface area contributed by atoms with Crippen LogP contribution in [-0.4, -0.2) is 82.5 Å². The van der Waals surface area contributed by atoms with Gasteiger partial charge in [0.05, 0.1) is 37.0 Å². The van der Waals surface area contributed by atoms with Crippen LogP contribution >= 0.6 is 11.6 Å². The van der Waals surface area contributed by atoms with Crippen LogP contribution in [0.3, 0.4) is 0 Å². The SMILES string of the molecule is COc1ccc2c(c1)C(=O)CN(C1CCN(C(=O)Cn3cc(-c4cccc(OC)c4Cl)c(=O)n([C@@H](C)CCC(N)=O)c3=O)CC1)C(=O)N2. The number of aromatic nitrogens is 2. The molecule has 1 fully saturated rings. The number of methoxy groups -OCH3 is 2. The van der Waals surface area contributed by atoms with Crippen molar-refractivity contribution in [2.45, 2.75) is 51.2 Å². The van der Waals surface area contributed by atoms with Gasteiger partial charge in [-0.3, -0.25) is 28.3 Å². The number of urea groups is 1. The van der Waals surface area contributed by atoms with Crippen molar-refractivity contribution in [3.63, 3.8) is 0 Å². The lowest BCUT2D eigenvalue weighted by Crippen LogP contribution is -2.51. The van der Waals surface area contributed by atoms with Crippen molar-refractivity contribution in [2.75, 3.05) is 39.2 Å². The van der Waals surface area contributed by atoms with E-state index in [1.54, 1.807) is 48.2 Å². The molecule has 0 saturated carbocycles. The summed E-state index contributed by atoms with van der Waals surface area (Å²) < 4.78 is 12.7. The molecule has 0 unspecified atom stereocenters. The molecule has 3 heterocycles. The van der Waals surface area contributed by atoms with Gasteiger partial charge in [0.15, 0.2) is 5.78 Å². The number of carbonyl (C=O) groups excluding carboxylic acids is 4. The molecule has 1 aromatic heterocycles. The Morgan fingerprint density at radius 1 is 1.02 bits per heavy atom. The third-order valence-electron chi connectivity index (χ3n) is 8.82. The number of fused-ring (bicyclic) bond motifs is 1. The normalized spacial score (nSPS) is 15.8. The minimum absolute atomic E-state index is 0.0496. The molecular formula is C33H37ClN6O8. The van der Waals surface area contributed by atoms with Gasteiger partial charge >= 0.3 is 11.7 Å². The second kappa shape index (κ2) is 14.3. The first-order valence-corrected chi connectivity index (χ1v) is 15.8. The molecule has 48 heavy (non-hydrogen) atoms. The van der Waals surface area contributed by atoms with Crippen LogP contribution in [0.4, 0.5) is 10.5 Å². The molecule has 2 aromatic carbocycles. The number of primary amides is 1. The summed E-state index contributed by atoms with van der Waals surface area (Å²) in [4.78, 5) is 81.7. The average Bonchev–Trinajstić information content (AvgIpc) is 3.20. The van der Waals surface area contributed by atoms with E-state index in [4.69, 9.17) is 26.8 Å². The van der Waals surface area contributed by atoms with E-state index in [1.807, 2.05) is 0 Å². The van der Waals surface area contributed by atoms with Crippen molar-refractivity contribution in [2.24, 2.45) is 5.73 Å². The maximum Gasteiger partial charge on any atom is 0.331 e. The summed E-state index contributed by atoms with van der Waals surface area (Å²) in [5, 5.41) is 2.97. The number of anilines is 1. The van der Waals surface area contributed by atoms with E-state index in [1.165, 1.54) is 25.3 Å². The third kappa shape index (κ3) is 6.93. The van der Waals surface area contributed by atoms with Gasteiger partial charge in [-0.05, 0) is 50.5 Å². The highest BCUT2D eigenvalue weighted by atomic mass is 35.5. The summed E-state index contributed by atoms with van der Waals surface area (Å²) in [6.07, 6.45) is 2.22. The fourth-order valence-corrected chi connectivity index (χ4v) is 6.43. The summed E-state index contributed by atoms with van der Waals surface area (Å²) in [6.45, 7) is 1.69. The predicted molar refractivity (Wildman–Crippen MR) is 178 cm³/mol. The Hall–Kier alpha value is -5.11. The number of hydrogen-bond donors (Lipinski definition) is 2. The van der Waals surface area contributed by atoms with E-state index in [0.717, 1.165) is 9.13 Å². The van der Waals surface area contributed by atoms with Gasteiger partial charge < -0.3 is 30.3 Å². The molecule has 15 heteroatoms. The first-order valence-electron chi connectivity index (χ1n) is 15.5. The Morgan fingerprint density at radius 2 is 1.75 bits per heavy atom. The fourth-order valence-electron chi connectivity index (χ4n) is 6.12. The summed E-state index contributed by atoms with van der Waals surface area (Å²) in [7, 11) is 2.93. The summed E-state index contributed by atoms with van der Waals surface area (Å²) in [6, 6.07) is 8.37. The van der Waals surface area contributed by atoms with E-state index in [-0.39, 0.29) is 67.3 Å². The molecule has 3 N–H and O–H groups in total. The second-order valence-corrected chi connectivity index (χ2v) is 12.2. The maximum atomic E-state index is 13.7. The molecule has 0 radical (unpaired) electrons. The molecular weight excluding hydrogens is 644 g/mol. The van der Waals surface area contributed by atoms with E-state index >= 15 is 0 Å². The zero-order valence-corrected chi connectivity index (χ0v) is 27.6. The van der Waals surface area contributed by atoms with Crippen LogP contribution in [0.15, 0.2) is 52.2 Å². The highest BCUT2D eigenvalue weighted by Crippen LogP contribution is 2.34. The number of nitrogens with one attached hydrogen (secondary N) is 1. The van der Waals surface area contributed by atoms with Gasteiger partial charge in [0.25, 0.3) is 5.56 Å². The molecule has 254 valence electrons. The Balaban J connectivity index is 1.36. The summed E-state index contributed by atoms with van der Waals surface area (Å²) in [5.74, 6) is -0.351. The minimum Gasteiger partial charge on any atom is -0.497 e. The first kappa shape index (κ1) is 34.2. The lowest BCUT2D eigenvalue weighted by atomic mass is 10.0. The average molecular weight is 681 g/mol. The molecule has 5 rings (SSSR count). The Kier molecular flexibility index (Phi) is 10.2. The van der Waals surface area contributed by atoms with Gasteiger partial charge in [-0.1, -0.05) is 23.7 Å². The molecule has 0 bridgehead atoms. The van der Waals surface area contributed by atoms with Crippen molar-refractivity contribution >= 4 is 40.9 Å². The number of nitrogens with zero attached hydrogens (tertiary/aromatic N) is 4.